The largest absolute Gasteiger partial charge is 0.337 e. The minimum absolute atomic E-state index is 0.0155. The van der Waals surface area contributed by atoms with Crippen molar-refractivity contribution in [1.29, 1.82) is 0 Å². The van der Waals surface area contributed by atoms with Crippen LogP contribution < -0.4 is 5.32 Å². The zero-order valence-corrected chi connectivity index (χ0v) is 12.1. The SMILES string of the molecule is CCCNC1CCN(Cc2cn(C)nc2CC)C1=O. The summed E-state index contributed by atoms with van der Waals surface area (Å²) in [6.45, 7) is 6.67. The molecule has 2 rings (SSSR count). The molecule has 0 aliphatic carbocycles. The van der Waals surface area contributed by atoms with Gasteiger partial charge in [-0.15, -0.1) is 0 Å². The Kier molecular flexibility index (Phi) is 4.58. The van der Waals surface area contributed by atoms with Crippen molar-refractivity contribution in [1.82, 2.24) is 20.0 Å². The van der Waals surface area contributed by atoms with Crippen molar-refractivity contribution in [2.24, 2.45) is 7.05 Å². The number of aryl methyl sites for hydroxylation is 2. The average molecular weight is 264 g/mol. The van der Waals surface area contributed by atoms with Gasteiger partial charge < -0.3 is 10.2 Å². The molecule has 1 amide bonds. The van der Waals surface area contributed by atoms with Crippen LogP contribution in [0.4, 0.5) is 0 Å². The summed E-state index contributed by atoms with van der Waals surface area (Å²) in [4.78, 5) is 14.2. The van der Waals surface area contributed by atoms with Gasteiger partial charge in [0.25, 0.3) is 0 Å². The highest BCUT2D eigenvalue weighted by atomic mass is 16.2. The monoisotopic (exact) mass is 264 g/mol. The third-order valence-electron chi connectivity index (χ3n) is 3.63. The van der Waals surface area contributed by atoms with E-state index < -0.39 is 0 Å². The number of rotatable bonds is 6. The first-order valence-electron chi connectivity index (χ1n) is 7.19. The fraction of sp³-hybridized carbons (Fsp3) is 0.714. The molecule has 19 heavy (non-hydrogen) atoms. The first-order chi connectivity index (χ1) is 9.15. The number of nitrogens with zero attached hydrogens (tertiary/aromatic N) is 3. The van der Waals surface area contributed by atoms with E-state index >= 15 is 0 Å². The second kappa shape index (κ2) is 6.19. The van der Waals surface area contributed by atoms with E-state index in [4.69, 9.17) is 0 Å². The Bertz CT molecular complexity index is 441. The molecule has 1 aliphatic heterocycles. The van der Waals surface area contributed by atoms with Gasteiger partial charge in [0.1, 0.15) is 0 Å². The lowest BCUT2D eigenvalue weighted by Crippen LogP contribution is -2.38. The van der Waals surface area contributed by atoms with Crippen LogP contribution in [-0.2, 0) is 24.8 Å². The number of carbonyl (C=O) groups is 1. The Morgan fingerprint density at radius 2 is 2.26 bits per heavy atom. The van der Waals surface area contributed by atoms with Crippen LogP contribution in [0.15, 0.2) is 6.20 Å². The summed E-state index contributed by atoms with van der Waals surface area (Å²) in [5.41, 5.74) is 2.27. The second-order valence-electron chi connectivity index (χ2n) is 5.18. The highest BCUT2D eigenvalue weighted by molar-refractivity contribution is 5.83. The van der Waals surface area contributed by atoms with Crippen LogP contribution in [0.1, 0.15) is 37.9 Å². The maximum atomic E-state index is 12.3. The zero-order chi connectivity index (χ0) is 13.8. The van der Waals surface area contributed by atoms with Crippen LogP contribution in [0.2, 0.25) is 0 Å². The maximum Gasteiger partial charge on any atom is 0.240 e. The van der Waals surface area contributed by atoms with Gasteiger partial charge in [-0.05, 0) is 25.8 Å². The van der Waals surface area contributed by atoms with Crippen LogP contribution in [-0.4, -0.2) is 39.7 Å². The topological polar surface area (TPSA) is 50.2 Å². The van der Waals surface area contributed by atoms with Gasteiger partial charge in [0.2, 0.25) is 5.91 Å². The molecule has 1 saturated heterocycles. The minimum Gasteiger partial charge on any atom is -0.337 e. The summed E-state index contributed by atoms with van der Waals surface area (Å²) in [5.74, 6) is 0.236. The zero-order valence-electron chi connectivity index (χ0n) is 12.1. The molecule has 0 saturated carbocycles. The van der Waals surface area contributed by atoms with Crippen molar-refractivity contribution < 1.29 is 4.79 Å². The number of hydrogen-bond donors (Lipinski definition) is 1. The number of aromatic nitrogens is 2. The summed E-state index contributed by atoms with van der Waals surface area (Å²) < 4.78 is 1.83. The first kappa shape index (κ1) is 14.1. The Morgan fingerprint density at radius 3 is 2.95 bits per heavy atom. The number of amides is 1. The third kappa shape index (κ3) is 3.15. The first-order valence-corrected chi connectivity index (χ1v) is 7.19. The number of carbonyl (C=O) groups excluding carboxylic acids is 1. The lowest BCUT2D eigenvalue weighted by atomic mass is 10.2. The molecule has 2 heterocycles. The van der Waals surface area contributed by atoms with Gasteiger partial charge >= 0.3 is 0 Å². The molecule has 1 atom stereocenters. The third-order valence-corrected chi connectivity index (χ3v) is 3.63. The van der Waals surface area contributed by atoms with E-state index in [1.807, 2.05) is 22.8 Å². The van der Waals surface area contributed by atoms with Crippen molar-refractivity contribution in [3.63, 3.8) is 0 Å². The molecule has 1 unspecified atom stereocenters. The van der Waals surface area contributed by atoms with Gasteiger partial charge in [0.05, 0.1) is 11.7 Å². The normalized spacial score (nSPS) is 19.4. The van der Waals surface area contributed by atoms with Gasteiger partial charge in [-0.3, -0.25) is 9.48 Å². The van der Waals surface area contributed by atoms with Crippen LogP contribution in [0, 0.1) is 0 Å². The fourth-order valence-corrected chi connectivity index (χ4v) is 2.62. The molecule has 1 N–H and O–H groups in total. The standard InChI is InChI=1S/C14H24N4O/c1-4-7-15-13-6-8-18(14(13)19)10-11-9-17(3)16-12(11)5-2/h9,13,15H,4-8,10H2,1-3H3. The summed E-state index contributed by atoms with van der Waals surface area (Å²) in [5, 5.41) is 7.75. The van der Waals surface area contributed by atoms with Crippen LogP contribution >= 0.6 is 0 Å². The number of hydrogen-bond acceptors (Lipinski definition) is 3. The second-order valence-corrected chi connectivity index (χ2v) is 5.18. The van der Waals surface area contributed by atoms with Gasteiger partial charge in [-0.2, -0.15) is 5.10 Å². The highest BCUT2D eigenvalue weighted by Gasteiger charge is 2.31. The Morgan fingerprint density at radius 1 is 1.47 bits per heavy atom. The predicted octanol–water partition coefficient (Wildman–Crippen LogP) is 1.08. The van der Waals surface area contributed by atoms with Crippen molar-refractivity contribution >= 4 is 5.91 Å². The Balaban J connectivity index is 1.98. The van der Waals surface area contributed by atoms with E-state index in [1.165, 1.54) is 5.56 Å². The van der Waals surface area contributed by atoms with Crippen molar-refractivity contribution in [3.05, 3.63) is 17.5 Å². The van der Waals surface area contributed by atoms with E-state index in [0.29, 0.717) is 6.54 Å². The molecule has 5 nitrogen and oxygen atoms in total. The molecule has 106 valence electrons. The molecule has 0 aromatic carbocycles. The summed E-state index contributed by atoms with van der Waals surface area (Å²) in [6.07, 6.45) is 4.92. The van der Waals surface area contributed by atoms with E-state index in [1.54, 1.807) is 0 Å². The lowest BCUT2D eigenvalue weighted by Gasteiger charge is -2.16. The smallest absolute Gasteiger partial charge is 0.240 e. The fourth-order valence-electron chi connectivity index (χ4n) is 2.62. The Labute approximate surface area is 115 Å². The predicted molar refractivity (Wildman–Crippen MR) is 74.7 cm³/mol. The van der Waals surface area contributed by atoms with Crippen LogP contribution in [0.25, 0.3) is 0 Å². The van der Waals surface area contributed by atoms with Crippen LogP contribution in [0.5, 0.6) is 0 Å². The Hall–Kier alpha value is -1.36. The van der Waals surface area contributed by atoms with E-state index in [2.05, 4.69) is 24.3 Å². The van der Waals surface area contributed by atoms with Gasteiger partial charge in [0, 0.05) is 31.9 Å². The van der Waals surface area contributed by atoms with Gasteiger partial charge in [0.15, 0.2) is 0 Å². The average Bonchev–Trinajstić information content (AvgIpc) is 2.92. The van der Waals surface area contributed by atoms with Crippen LogP contribution in [0.3, 0.4) is 0 Å². The van der Waals surface area contributed by atoms with E-state index in [-0.39, 0.29) is 11.9 Å². The number of nitrogens with one attached hydrogen (secondary N) is 1. The number of likely N-dealkylation sites (tertiary alicyclic amines) is 1. The lowest BCUT2D eigenvalue weighted by molar-refractivity contribution is -0.129. The highest BCUT2D eigenvalue weighted by Crippen LogP contribution is 2.17. The molecular formula is C14H24N4O. The molecule has 1 aromatic rings. The van der Waals surface area contributed by atoms with Crippen molar-refractivity contribution in [2.45, 2.75) is 45.7 Å². The summed E-state index contributed by atoms with van der Waals surface area (Å²) in [7, 11) is 1.93. The molecule has 1 aliphatic rings. The molecule has 0 radical (unpaired) electrons. The molecule has 5 heteroatoms. The molecule has 0 bridgehead atoms. The summed E-state index contributed by atoms with van der Waals surface area (Å²) >= 11 is 0. The van der Waals surface area contributed by atoms with E-state index in [0.717, 1.165) is 38.0 Å². The minimum atomic E-state index is 0.0155. The van der Waals surface area contributed by atoms with Crippen molar-refractivity contribution in [3.8, 4) is 0 Å². The summed E-state index contributed by atoms with van der Waals surface area (Å²) in [6, 6.07) is 0.0155. The molecule has 1 fully saturated rings. The molecule has 1 aromatic heterocycles. The van der Waals surface area contributed by atoms with Gasteiger partial charge in [-0.1, -0.05) is 13.8 Å². The molecular weight excluding hydrogens is 240 g/mol. The molecule has 0 spiro atoms. The quantitative estimate of drug-likeness (QED) is 0.836. The maximum absolute atomic E-state index is 12.3. The van der Waals surface area contributed by atoms with Crippen molar-refractivity contribution in [2.75, 3.05) is 13.1 Å². The van der Waals surface area contributed by atoms with Gasteiger partial charge in [-0.25, -0.2) is 0 Å². The van der Waals surface area contributed by atoms with E-state index in [9.17, 15) is 4.79 Å².